The molecule has 0 aromatic carbocycles. The van der Waals surface area contributed by atoms with Crippen molar-refractivity contribution in [1.82, 2.24) is 14.9 Å². The summed E-state index contributed by atoms with van der Waals surface area (Å²) in [7, 11) is -3.14. The fourth-order valence-corrected chi connectivity index (χ4v) is 3.79. The first-order chi connectivity index (χ1) is 9.96. The number of likely N-dealkylation sites (tertiary alicyclic amines) is 1. The summed E-state index contributed by atoms with van der Waals surface area (Å²) >= 11 is 0. The minimum Gasteiger partial charge on any atom is -0.340 e. The summed E-state index contributed by atoms with van der Waals surface area (Å²) < 4.78 is 24.8. The number of piperidine rings is 1. The summed E-state index contributed by atoms with van der Waals surface area (Å²) in [5.41, 5.74) is 0. The number of carbonyl (C=O) groups excluding carboxylic acids is 1. The van der Waals surface area contributed by atoms with E-state index in [9.17, 15) is 13.2 Å². The molecule has 2 N–H and O–H groups in total. The van der Waals surface area contributed by atoms with Crippen molar-refractivity contribution in [2.75, 3.05) is 25.9 Å². The van der Waals surface area contributed by atoms with Crippen LogP contribution < -0.4 is 10.0 Å². The minimum absolute atomic E-state index is 0.182. The SMILES string of the molecule is CS(=O)(=O)NCCC1CCCCN1C(=O)CC1CCCN1. The van der Waals surface area contributed by atoms with Gasteiger partial charge >= 0.3 is 0 Å². The fraction of sp³-hybridized carbons (Fsp3) is 0.929. The van der Waals surface area contributed by atoms with Crippen LogP contribution in [-0.2, 0) is 14.8 Å². The average molecular weight is 317 g/mol. The molecule has 0 bridgehead atoms. The molecular weight excluding hydrogens is 290 g/mol. The Kier molecular flexibility index (Phi) is 6.01. The molecule has 1 amide bonds. The quantitative estimate of drug-likeness (QED) is 0.745. The second kappa shape index (κ2) is 7.56. The Morgan fingerprint density at radius 3 is 2.76 bits per heavy atom. The molecule has 2 unspecified atom stereocenters. The van der Waals surface area contributed by atoms with E-state index < -0.39 is 10.0 Å². The average Bonchev–Trinajstić information content (AvgIpc) is 2.90. The number of sulfonamides is 1. The first-order valence-electron chi connectivity index (χ1n) is 7.93. The van der Waals surface area contributed by atoms with E-state index in [1.54, 1.807) is 0 Å². The fourth-order valence-electron chi connectivity index (χ4n) is 3.30. The van der Waals surface area contributed by atoms with Gasteiger partial charge in [0.25, 0.3) is 0 Å². The van der Waals surface area contributed by atoms with Gasteiger partial charge < -0.3 is 10.2 Å². The van der Waals surface area contributed by atoms with Crippen LogP contribution in [0.15, 0.2) is 0 Å². The van der Waals surface area contributed by atoms with Crippen molar-refractivity contribution in [3.05, 3.63) is 0 Å². The standard InChI is InChI=1S/C14H27N3O3S/c1-21(19,20)16-9-7-13-6-2-3-10-17(13)14(18)11-12-5-4-8-15-12/h12-13,15-16H,2-11H2,1H3. The second-order valence-corrected chi connectivity index (χ2v) is 8.02. The van der Waals surface area contributed by atoms with E-state index in [1.165, 1.54) is 6.26 Å². The predicted molar refractivity (Wildman–Crippen MR) is 82.5 cm³/mol. The number of hydrogen-bond donors (Lipinski definition) is 2. The van der Waals surface area contributed by atoms with Crippen molar-refractivity contribution in [1.29, 1.82) is 0 Å². The summed E-state index contributed by atoms with van der Waals surface area (Å²) in [4.78, 5) is 14.5. The van der Waals surface area contributed by atoms with Gasteiger partial charge in [-0.15, -0.1) is 0 Å². The Labute approximate surface area is 127 Å². The maximum Gasteiger partial charge on any atom is 0.224 e. The zero-order valence-electron chi connectivity index (χ0n) is 12.8. The van der Waals surface area contributed by atoms with Gasteiger partial charge in [-0.25, -0.2) is 13.1 Å². The van der Waals surface area contributed by atoms with Gasteiger partial charge in [0.1, 0.15) is 0 Å². The molecule has 0 aliphatic carbocycles. The molecule has 2 saturated heterocycles. The first kappa shape index (κ1) is 16.7. The van der Waals surface area contributed by atoms with Gasteiger partial charge in [-0.2, -0.15) is 0 Å². The normalized spacial score (nSPS) is 27.0. The number of hydrogen-bond acceptors (Lipinski definition) is 4. The second-order valence-electron chi connectivity index (χ2n) is 6.19. The molecule has 2 aliphatic heterocycles. The molecule has 122 valence electrons. The third-order valence-electron chi connectivity index (χ3n) is 4.37. The monoisotopic (exact) mass is 317 g/mol. The van der Waals surface area contributed by atoms with Crippen molar-refractivity contribution >= 4 is 15.9 Å². The third-order valence-corrected chi connectivity index (χ3v) is 5.10. The molecule has 0 radical (unpaired) electrons. The molecule has 2 heterocycles. The van der Waals surface area contributed by atoms with Gasteiger partial charge in [-0.05, 0) is 45.1 Å². The van der Waals surface area contributed by atoms with E-state index in [-0.39, 0.29) is 11.9 Å². The Balaban J connectivity index is 1.83. The van der Waals surface area contributed by atoms with Crippen LogP contribution in [0.2, 0.25) is 0 Å². The van der Waals surface area contributed by atoms with E-state index in [2.05, 4.69) is 10.0 Å². The summed E-state index contributed by atoms with van der Waals surface area (Å²) in [5.74, 6) is 0.221. The number of amides is 1. The molecule has 0 aromatic heterocycles. The van der Waals surface area contributed by atoms with Crippen molar-refractivity contribution in [2.24, 2.45) is 0 Å². The molecule has 2 aliphatic rings. The van der Waals surface area contributed by atoms with Crippen LogP contribution in [-0.4, -0.2) is 57.2 Å². The zero-order valence-corrected chi connectivity index (χ0v) is 13.6. The molecule has 0 aromatic rings. The van der Waals surface area contributed by atoms with Gasteiger partial charge in [0.05, 0.1) is 6.26 Å². The highest BCUT2D eigenvalue weighted by Gasteiger charge is 2.28. The van der Waals surface area contributed by atoms with E-state index in [0.717, 1.165) is 45.2 Å². The highest BCUT2D eigenvalue weighted by atomic mass is 32.2. The van der Waals surface area contributed by atoms with Crippen molar-refractivity contribution in [3.63, 3.8) is 0 Å². The molecule has 2 rings (SSSR count). The summed E-state index contributed by atoms with van der Waals surface area (Å²) in [6.45, 7) is 2.24. The Morgan fingerprint density at radius 2 is 2.10 bits per heavy atom. The molecule has 2 atom stereocenters. The molecule has 0 spiro atoms. The van der Waals surface area contributed by atoms with Gasteiger partial charge in [0.2, 0.25) is 15.9 Å². The number of rotatable bonds is 6. The van der Waals surface area contributed by atoms with Crippen LogP contribution in [0.3, 0.4) is 0 Å². The van der Waals surface area contributed by atoms with Crippen molar-refractivity contribution in [2.45, 2.75) is 57.0 Å². The summed E-state index contributed by atoms with van der Waals surface area (Å²) in [6.07, 6.45) is 7.85. The smallest absolute Gasteiger partial charge is 0.224 e. The molecular formula is C14H27N3O3S. The minimum atomic E-state index is -3.14. The number of carbonyl (C=O) groups is 1. The molecule has 7 heteroatoms. The van der Waals surface area contributed by atoms with Crippen LogP contribution in [0.1, 0.15) is 44.9 Å². The Bertz CT molecular complexity index is 446. The lowest BCUT2D eigenvalue weighted by molar-refractivity contribution is -0.135. The van der Waals surface area contributed by atoms with Crippen LogP contribution in [0.5, 0.6) is 0 Å². The van der Waals surface area contributed by atoms with E-state index in [1.807, 2.05) is 4.90 Å². The maximum atomic E-state index is 12.5. The number of nitrogens with zero attached hydrogens (tertiary/aromatic N) is 1. The van der Waals surface area contributed by atoms with Crippen LogP contribution in [0.4, 0.5) is 0 Å². The highest BCUT2D eigenvalue weighted by Crippen LogP contribution is 2.21. The van der Waals surface area contributed by atoms with Crippen molar-refractivity contribution < 1.29 is 13.2 Å². The lowest BCUT2D eigenvalue weighted by Crippen LogP contribution is -2.46. The van der Waals surface area contributed by atoms with Crippen LogP contribution in [0, 0.1) is 0 Å². The number of nitrogens with one attached hydrogen (secondary N) is 2. The van der Waals surface area contributed by atoms with Gasteiger partial charge in [0.15, 0.2) is 0 Å². The van der Waals surface area contributed by atoms with E-state index >= 15 is 0 Å². The predicted octanol–water partition coefficient (Wildman–Crippen LogP) is 0.449. The van der Waals surface area contributed by atoms with Gasteiger partial charge in [-0.3, -0.25) is 4.79 Å². The van der Waals surface area contributed by atoms with Gasteiger partial charge in [0, 0.05) is 31.6 Å². The van der Waals surface area contributed by atoms with Crippen molar-refractivity contribution in [3.8, 4) is 0 Å². The topological polar surface area (TPSA) is 78.5 Å². The Hall–Kier alpha value is -0.660. The lowest BCUT2D eigenvalue weighted by atomic mass is 9.98. The molecule has 0 saturated carbocycles. The zero-order chi connectivity index (χ0) is 15.3. The van der Waals surface area contributed by atoms with E-state index in [4.69, 9.17) is 0 Å². The van der Waals surface area contributed by atoms with Gasteiger partial charge in [-0.1, -0.05) is 0 Å². The van der Waals surface area contributed by atoms with Crippen LogP contribution in [0.25, 0.3) is 0 Å². The van der Waals surface area contributed by atoms with Crippen LogP contribution >= 0.6 is 0 Å². The molecule has 21 heavy (non-hydrogen) atoms. The highest BCUT2D eigenvalue weighted by molar-refractivity contribution is 7.88. The first-order valence-corrected chi connectivity index (χ1v) is 9.82. The Morgan fingerprint density at radius 1 is 1.29 bits per heavy atom. The maximum absolute atomic E-state index is 12.5. The third kappa shape index (κ3) is 5.56. The summed E-state index contributed by atoms with van der Waals surface area (Å²) in [6, 6.07) is 0.510. The largest absolute Gasteiger partial charge is 0.340 e. The lowest BCUT2D eigenvalue weighted by Gasteiger charge is -2.36. The molecule has 6 nitrogen and oxygen atoms in total. The van der Waals surface area contributed by atoms with E-state index in [0.29, 0.717) is 25.4 Å². The summed E-state index contributed by atoms with van der Waals surface area (Å²) in [5, 5.41) is 3.37. The molecule has 2 fully saturated rings.